The van der Waals surface area contributed by atoms with Gasteiger partial charge >= 0.3 is 0 Å². The molecule has 0 fully saturated rings. The van der Waals surface area contributed by atoms with Crippen LogP contribution in [0.4, 0.5) is 0 Å². The number of hydrogen-bond acceptors (Lipinski definition) is 6. The van der Waals surface area contributed by atoms with Crippen molar-refractivity contribution < 1.29 is 8.94 Å². The van der Waals surface area contributed by atoms with Crippen LogP contribution in [0.5, 0.6) is 0 Å². The van der Waals surface area contributed by atoms with E-state index >= 15 is 0 Å². The molecule has 3 heterocycles. The number of nitrogens with one attached hydrogen (secondary N) is 2. The summed E-state index contributed by atoms with van der Waals surface area (Å²) in [7, 11) is 1.73. The minimum atomic E-state index is 0.449. The summed E-state index contributed by atoms with van der Waals surface area (Å²) < 4.78 is 11.0. The van der Waals surface area contributed by atoms with Crippen molar-refractivity contribution in [1.29, 1.82) is 0 Å². The number of hydrogen-bond donors (Lipinski definition) is 2. The van der Waals surface area contributed by atoms with Crippen molar-refractivity contribution in [3.8, 4) is 10.8 Å². The van der Waals surface area contributed by atoms with Crippen LogP contribution in [-0.2, 0) is 13.1 Å². The molecular weight excluding hydrogens is 362 g/mol. The zero-order chi connectivity index (χ0) is 19.1. The van der Waals surface area contributed by atoms with Crippen molar-refractivity contribution >= 4 is 17.3 Å². The van der Waals surface area contributed by atoms with E-state index in [1.807, 2.05) is 23.6 Å². The highest BCUT2D eigenvalue weighted by molar-refractivity contribution is 7.13. The Labute approximate surface area is 162 Å². The van der Waals surface area contributed by atoms with E-state index in [0.29, 0.717) is 30.9 Å². The summed E-state index contributed by atoms with van der Waals surface area (Å²) in [6.07, 6.45) is 3.78. The second-order valence-corrected chi connectivity index (χ2v) is 7.08. The summed E-state index contributed by atoms with van der Waals surface area (Å²) in [6.45, 7) is 5.37. The van der Waals surface area contributed by atoms with Gasteiger partial charge in [-0.25, -0.2) is 4.98 Å². The van der Waals surface area contributed by atoms with Gasteiger partial charge in [0.1, 0.15) is 6.26 Å². The molecule has 0 spiro atoms. The fourth-order valence-corrected chi connectivity index (χ4v) is 3.43. The molecule has 7 nitrogen and oxygen atoms in total. The summed E-state index contributed by atoms with van der Waals surface area (Å²) >= 11 is 1.60. The van der Waals surface area contributed by atoms with Crippen LogP contribution in [-0.4, -0.2) is 23.1 Å². The number of aromatic nitrogens is 2. The van der Waals surface area contributed by atoms with E-state index in [1.54, 1.807) is 24.6 Å². The third kappa shape index (κ3) is 4.97. The molecular formula is C19H25N5O2S. The van der Waals surface area contributed by atoms with Crippen LogP contribution in [0.15, 0.2) is 43.8 Å². The van der Waals surface area contributed by atoms with Crippen LogP contribution in [0.1, 0.15) is 49.8 Å². The molecule has 0 aliphatic heterocycles. The summed E-state index contributed by atoms with van der Waals surface area (Å²) in [5.41, 5.74) is 1.83. The molecule has 2 N–H and O–H groups in total. The second-order valence-electron chi connectivity index (χ2n) is 6.13. The molecule has 8 heteroatoms. The van der Waals surface area contributed by atoms with Crippen molar-refractivity contribution in [3.63, 3.8) is 0 Å². The van der Waals surface area contributed by atoms with Gasteiger partial charge in [-0.05, 0) is 24.3 Å². The first kappa shape index (κ1) is 19.2. The molecule has 0 saturated heterocycles. The van der Waals surface area contributed by atoms with Gasteiger partial charge in [0.2, 0.25) is 5.89 Å². The average Bonchev–Trinajstić information content (AvgIpc) is 3.44. The van der Waals surface area contributed by atoms with Gasteiger partial charge in [0, 0.05) is 19.0 Å². The van der Waals surface area contributed by atoms with E-state index in [1.165, 1.54) is 0 Å². The molecule has 0 aliphatic carbocycles. The van der Waals surface area contributed by atoms with E-state index in [4.69, 9.17) is 8.94 Å². The molecule has 3 aromatic rings. The number of oxazole rings is 1. The van der Waals surface area contributed by atoms with E-state index < -0.39 is 0 Å². The summed E-state index contributed by atoms with van der Waals surface area (Å²) in [5, 5.41) is 12.6. The molecule has 0 aromatic carbocycles. The number of thiophene rings is 1. The lowest BCUT2D eigenvalue weighted by Crippen LogP contribution is -2.36. The zero-order valence-corrected chi connectivity index (χ0v) is 16.7. The van der Waals surface area contributed by atoms with E-state index in [-0.39, 0.29) is 0 Å². The van der Waals surface area contributed by atoms with Crippen LogP contribution < -0.4 is 10.6 Å². The number of nitrogens with zero attached hydrogens (tertiary/aromatic N) is 3. The largest absolute Gasteiger partial charge is 0.443 e. The molecule has 27 heavy (non-hydrogen) atoms. The average molecular weight is 388 g/mol. The van der Waals surface area contributed by atoms with Gasteiger partial charge in [-0.15, -0.1) is 11.3 Å². The first-order valence-corrected chi connectivity index (χ1v) is 9.99. The van der Waals surface area contributed by atoms with Crippen LogP contribution in [0.25, 0.3) is 10.8 Å². The van der Waals surface area contributed by atoms with E-state index in [2.05, 4.69) is 39.6 Å². The Morgan fingerprint density at radius 2 is 2.07 bits per heavy atom. The third-order valence-corrected chi connectivity index (χ3v) is 5.21. The first-order chi connectivity index (χ1) is 13.2. The number of rotatable bonds is 8. The molecule has 3 aromatic heterocycles. The fourth-order valence-electron chi connectivity index (χ4n) is 2.78. The molecule has 0 aliphatic rings. The monoisotopic (exact) mass is 387 g/mol. The Morgan fingerprint density at radius 3 is 2.78 bits per heavy atom. The normalized spacial score (nSPS) is 11.9. The number of guanidine groups is 1. The third-order valence-electron chi connectivity index (χ3n) is 4.36. The maximum atomic E-state index is 5.53. The Morgan fingerprint density at radius 1 is 1.26 bits per heavy atom. The smallest absolute Gasteiger partial charge is 0.236 e. The van der Waals surface area contributed by atoms with Crippen molar-refractivity contribution in [2.75, 3.05) is 7.05 Å². The maximum Gasteiger partial charge on any atom is 0.236 e. The van der Waals surface area contributed by atoms with Gasteiger partial charge in [0.15, 0.2) is 11.7 Å². The van der Waals surface area contributed by atoms with Crippen LogP contribution in [0.3, 0.4) is 0 Å². The van der Waals surface area contributed by atoms with Gasteiger partial charge in [-0.2, -0.15) is 0 Å². The van der Waals surface area contributed by atoms with Crippen molar-refractivity contribution in [3.05, 3.63) is 47.0 Å². The van der Waals surface area contributed by atoms with Gasteiger partial charge in [0.25, 0.3) is 0 Å². The number of aliphatic imine (C=N–C) groups is 1. The predicted octanol–water partition coefficient (Wildman–Crippen LogP) is 4.16. The van der Waals surface area contributed by atoms with Gasteiger partial charge in [-0.3, -0.25) is 4.99 Å². The summed E-state index contributed by atoms with van der Waals surface area (Å²) in [5.74, 6) is 2.54. The van der Waals surface area contributed by atoms with Crippen LogP contribution >= 0.6 is 11.3 Å². The van der Waals surface area contributed by atoms with E-state index in [9.17, 15) is 0 Å². The minimum absolute atomic E-state index is 0.449. The van der Waals surface area contributed by atoms with Gasteiger partial charge < -0.3 is 19.6 Å². The summed E-state index contributed by atoms with van der Waals surface area (Å²) in [4.78, 5) is 9.73. The Hall–Kier alpha value is -2.61. The van der Waals surface area contributed by atoms with E-state index in [0.717, 1.165) is 34.9 Å². The molecule has 0 unspecified atom stereocenters. The molecule has 0 amide bonds. The zero-order valence-electron chi connectivity index (χ0n) is 15.9. The SMILES string of the molecule is CCC(CC)c1cc(CNC(=NC)NCc2coc(-c3cccs3)n2)on1. The standard InChI is InChI=1S/C19H25N5O2S/c1-4-13(5-2)16-9-15(26-24-16)11-22-19(20-3)21-10-14-12-25-18(23-14)17-7-6-8-27-17/h6-9,12-13H,4-5,10-11H2,1-3H3,(H2,20,21,22). The highest BCUT2D eigenvalue weighted by Gasteiger charge is 2.13. The molecule has 0 atom stereocenters. The minimum Gasteiger partial charge on any atom is -0.443 e. The fraction of sp³-hybridized carbons (Fsp3) is 0.421. The Balaban J connectivity index is 1.50. The Kier molecular flexibility index (Phi) is 6.64. The molecule has 144 valence electrons. The predicted molar refractivity (Wildman–Crippen MR) is 107 cm³/mol. The quantitative estimate of drug-likeness (QED) is 0.446. The highest BCUT2D eigenvalue weighted by atomic mass is 32.1. The second kappa shape index (κ2) is 9.36. The Bertz CT molecular complexity index is 849. The van der Waals surface area contributed by atoms with Gasteiger partial charge in [0.05, 0.1) is 29.4 Å². The van der Waals surface area contributed by atoms with Gasteiger partial charge in [-0.1, -0.05) is 25.1 Å². The molecule has 0 saturated carbocycles. The van der Waals surface area contributed by atoms with Crippen LogP contribution in [0, 0.1) is 0 Å². The summed E-state index contributed by atoms with van der Waals surface area (Å²) in [6, 6.07) is 5.98. The lowest BCUT2D eigenvalue weighted by molar-refractivity contribution is 0.368. The first-order valence-electron chi connectivity index (χ1n) is 9.11. The lowest BCUT2D eigenvalue weighted by atomic mass is 9.99. The molecule has 3 rings (SSSR count). The van der Waals surface area contributed by atoms with Crippen molar-refractivity contribution in [2.24, 2.45) is 4.99 Å². The van der Waals surface area contributed by atoms with Crippen LogP contribution in [0.2, 0.25) is 0 Å². The maximum absolute atomic E-state index is 5.53. The lowest BCUT2D eigenvalue weighted by Gasteiger charge is -2.09. The topological polar surface area (TPSA) is 88.5 Å². The molecule has 0 bridgehead atoms. The van der Waals surface area contributed by atoms with Crippen molar-refractivity contribution in [2.45, 2.75) is 45.7 Å². The molecule has 0 radical (unpaired) electrons. The van der Waals surface area contributed by atoms with Crippen molar-refractivity contribution in [1.82, 2.24) is 20.8 Å². The highest BCUT2D eigenvalue weighted by Crippen LogP contribution is 2.24.